The lowest BCUT2D eigenvalue weighted by Gasteiger charge is -2.13. The van der Waals surface area contributed by atoms with Crippen molar-refractivity contribution in [1.29, 1.82) is 0 Å². The Hall–Kier alpha value is -3.09. The standard InChI is InChI=1S/C14H10N4O3/c19-12(17-11-3-1-2-5-16-11)8-18-13(20)9-4-6-15-7-10(9)14(18)21/h1-7H,8H2,(H,16,17,19). The van der Waals surface area contributed by atoms with Crippen molar-refractivity contribution in [1.82, 2.24) is 14.9 Å². The van der Waals surface area contributed by atoms with Crippen LogP contribution in [-0.4, -0.2) is 39.1 Å². The van der Waals surface area contributed by atoms with E-state index in [9.17, 15) is 14.4 Å². The van der Waals surface area contributed by atoms with Crippen LogP contribution < -0.4 is 5.32 Å². The number of amides is 3. The van der Waals surface area contributed by atoms with Crippen molar-refractivity contribution in [2.24, 2.45) is 0 Å². The number of fused-ring (bicyclic) bond motifs is 1. The number of anilines is 1. The number of nitrogens with one attached hydrogen (secondary N) is 1. The molecule has 0 unspecified atom stereocenters. The first-order valence-electron chi connectivity index (χ1n) is 6.18. The Morgan fingerprint density at radius 3 is 2.62 bits per heavy atom. The van der Waals surface area contributed by atoms with Crippen LogP contribution in [-0.2, 0) is 4.79 Å². The summed E-state index contributed by atoms with van der Waals surface area (Å²) in [7, 11) is 0. The van der Waals surface area contributed by atoms with Gasteiger partial charge in [-0.3, -0.25) is 24.3 Å². The molecule has 1 N–H and O–H groups in total. The monoisotopic (exact) mass is 282 g/mol. The molecule has 2 aromatic heterocycles. The summed E-state index contributed by atoms with van der Waals surface area (Å²) in [5.41, 5.74) is 0.480. The van der Waals surface area contributed by atoms with E-state index in [2.05, 4.69) is 15.3 Å². The number of rotatable bonds is 3. The maximum atomic E-state index is 12.1. The summed E-state index contributed by atoms with van der Waals surface area (Å²) in [5, 5.41) is 2.52. The van der Waals surface area contributed by atoms with Crippen LogP contribution in [0.3, 0.4) is 0 Å². The molecule has 0 atom stereocenters. The summed E-state index contributed by atoms with van der Waals surface area (Å²) in [5.74, 6) is -1.13. The van der Waals surface area contributed by atoms with Gasteiger partial charge in [0.1, 0.15) is 12.4 Å². The molecule has 1 aliphatic heterocycles. The van der Waals surface area contributed by atoms with Gasteiger partial charge in [0.2, 0.25) is 5.91 Å². The quantitative estimate of drug-likeness (QED) is 0.837. The first-order valence-corrected chi connectivity index (χ1v) is 6.18. The first-order chi connectivity index (χ1) is 10.2. The molecule has 2 aromatic rings. The fraction of sp³-hybridized carbons (Fsp3) is 0.0714. The van der Waals surface area contributed by atoms with Gasteiger partial charge >= 0.3 is 0 Å². The van der Waals surface area contributed by atoms with Crippen molar-refractivity contribution in [3.63, 3.8) is 0 Å². The van der Waals surface area contributed by atoms with Crippen molar-refractivity contribution in [3.8, 4) is 0 Å². The van der Waals surface area contributed by atoms with Crippen LogP contribution in [0.15, 0.2) is 42.9 Å². The molecule has 3 amide bonds. The molecule has 0 aliphatic carbocycles. The molecule has 3 rings (SSSR count). The van der Waals surface area contributed by atoms with E-state index < -0.39 is 17.7 Å². The van der Waals surface area contributed by atoms with Gasteiger partial charge in [0.15, 0.2) is 0 Å². The Bertz CT molecular complexity index is 695. The summed E-state index contributed by atoms with van der Waals surface area (Å²) in [6.45, 7) is -0.358. The highest BCUT2D eigenvalue weighted by Gasteiger charge is 2.36. The van der Waals surface area contributed by atoms with Crippen LogP contribution >= 0.6 is 0 Å². The fourth-order valence-corrected chi connectivity index (χ4v) is 2.04. The summed E-state index contributed by atoms with van der Waals surface area (Å²) < 4.78 is 0. The summed E-state index contributed by atoms with van der Waals surface area (Å²) in [6.07, 6.45) is 4.29. The van der Waals surface area contributed by atoms with Gasteiger partial charge in [-0.05, 0) is 18.2 Å². The average Bonchev–Trinajstić information content (AvgIpc) is 2.74. The van der Waals surface area contributed by atoms with Gasteiger partial charge in [0, 0.05) is 18.6 Å². The van der Waals surface area contributed by atoms with Gasteiger partial charge in [0.05, 0.1) is 11.1 Å². The zero-order valence-electron chi connectivity index (χ0n) is 10.8. The number of imide groups is 1. The smallest absolute Gasteiger partial charge is 0.263 e. The Morgan fingerprint density at radius 2 is 1.90 bits per heavy atom. The van der Waals surface area contributed by atoms with Crippen LogP contribution in [0.4, 0.5) is 5.82 Å². The van der Waals surface area contributed by atoms with E-state index in [1.807, 2.05) is 0 Å². The second-order valence-corrected chi connectivity index (χ2v) is 4.38. The molecule has 104 valence electrons. The minimum absolute atomic E-state index is 0.216. The van der Waals surface area contributed by atoms with Gasteiger partial charge in [-0.15, -0.1) is 0 Å². The predicted molar refractivity (Wildman–Crippen MR) is 72.5 cm³/mol. The van der Waals surface area contributed by atoms with E-state index >= 15 is 0 Å². The van der Waals surface area contributed by atoms with Crippen molar-refractivity contribution in [3.05, 3.63) is 54.0 Å². The minimum Gasteiger partial charge on any atom is -0.309 e. The third kappa shape index (κ3) is 2.36. The zero-order valence-corrected chi connectivity index (χ0v) is 10.8. The van der Waals surface area contributed by atoms with Crippen LogP contribution in [0.1, 0.15) is 20.7 Å². The van der Waals surface area contributed by atoms with Gasteiger partial charge in [-0.1, -0.05) is 6.07 Å². The zero-order chi connectivity index (χ0) is 14.8. The Morgan fingerprint density at radius 1 is 1.10 bits per heavy atom. The molecule has 0 aromatic carbocycles. The lowest BCUT2D eigenvalue weighted by atomic mass is 10.2. The molecule has 0 saturated carbocycles. The summed E-state index contributed by atoms with van der Waals surface area (Å²) in [6, 6.07) is 6.51. The van der Waals surface area contributed by atoms with E-state index in [1.54, 1.807) is 18.2 Å². The molecular formula is C14H10N4O3. The molecule has 0 radical (unpaired) electrons. The molecule has 0 bridgehead atoms. The maximum Gasteiger partial charge on any atom is 0.263 e. The third-order valence-electron chi connectivity index (χ3n) is 3.01. The van der Waals surface area contributed by atoms with Gasteiger partial charge in [-0.25, -0.2) is 4.98 Å². The highest BCUT2D eigenvalue weighted by Crippen LogP contribution is 2.21. The highest BCUT2D eigenvalue weighted by atomic mass is 16.2. The fourth-order valence-electron chi connectivity index (χ4n) is 2.04. The summed E-state index contributed by atoms with van der Waals surface area (Å²) >= 11 is 0. The molecule has 3 heterocycles. The van der Waals surface area contributed by atoms with Gasteiger partial charge in [0.25, 0.3) is 11.8 Å². The predicted octanol–water partition coefficient (Wildman–Crippen LogP) is 0.711. The number of aromatic nitrogens is 2. The average molecular weight is 282 g/mol. The Kier molecular flexibility index (Phi) is 3.15. The second kappa shape index (κ2) is 5.12. The van der Waals surface area contributed by atoms with E-state index in [-0.39, 0.29) is 17.7 Å². The van der Waals surface area contributed by atoms with E-state index in [1.165, 1.54) is 24.7 Å². The molecule has 0 spiro atoms. The Balaban J connectivity index is 1.73. The molecule has 0 fully saturated rings. The van der Waals surface area contributed by atoms with Crippen LogP contribution in [0, 0.1) is 0 Å². The van der Waals surface area contributed by atoms with E-state index in [0.29, 0.717) is 5.82 Å². The second-order valence-electron chi connectivity index (χ2n) is 4.38. The van der Waals surface area contributed by atoms with Crippen molar-refractivity contribution in [2.45, 2.75) is 0 Å². The molecule has 0 saturated heterocycles. The molecule has 7 heteroatoms. The number of carbonyl (C=O) groups excluding carboxylic acids is 3. The van der Waals surface area contributed by atoms with E-state index in [4.69, 9.17) is 0 Å². The third-order valence-corrected chi connectivity index (χ3v) is 3.01. The largest absolute Gasteiger partial charge is 0.309 e. The SMILES string of the molecule is O=C(CN1C(=O)c2ccncc2C1=O)Nc1ccccn1. The van der Waals surface area contributed by atoms with Gasteiger partial charge < -0.3 is 5.32 Å². The lowest BCUT2D eigenvalue weighted by Crippen LogP contribution is -2.37. The number of hydrogen-bond acceptors (Lipinski definition) is 5. The Labute approximate surface area is 119 Å². The highest BCUT2D eigenvalue weighted by molar-refractivity contribution is 6.22. The number of hydrogen-bond donors (Lipinski definition) is 1. The minimum atomic E-state index is -0.515. The van der Waals surface area contributed by atoms with Crippen molar-refractivity contribution < 1.29 is 14.4 Å². The lowest BCUT2D eigenvalue weighted by molar-refractivity contribution is -0.116. The van der Waals surface area contributed by atoms with Crippen LogP contribution in [0.5, 0.6) is 0 Å². The molecule has 7 nitrogen and oxygen atoms in total. The number of carbonyl (C=O) groups is 3. The summed E-state index contributed by atoms with van der Waals surface area (Å²) in [4.78, 5) is 44.7. The van der Waals surface area contributed by atoms with E-state index in [0.717, 1.165) is 4.90 Å². The maximum absolute atomic E-state index is 12.1. The van der Waals surface area contributed by atoms with Crippen molar-refractivity contribution >= 4 is 23.5 Å². The van der Waals surface area contributed by atoms with Gasteiger partial charge in [-0.2, -0.15) is 0 Å². The van der Waals surface area contributed by atoms with Crippen LogP contribution in [0.25, 0.3) is 0 Å². The topological polar surface area (TPSA) is 92.3 Å². The molecule has 1 aliphatic rings. The normalized spacial score (nSPS) is 13.2. The molecular weight excluding hydrogens is 272 g/mol. The number of nitrogens with zero attached hydrogens (tertiary/aromatic N) is 3. The first kappa shape index (κ1) is 12.9. The van der Waals surface area contributed by atoms with Crippen LogP contribution in [0.2, 0.25) is 0 Å². The van der Waals surface area contributed by atoms with Crippen molar-refractivity contribution in [2.75, 3.05) is 11.9 Å². The number of pyridine rings is 2. The molecule has 21 heavy (non-hydrogen) atoms.